The first kappa shape index (κ1) is 16.4. The summed E-state index contributed by atoms with van der Waals surface area (Å²) in [5.74, 6) is -0.512. The van der Waals surface area contributed by atoms with E-state index in [1.807, 2.05) is 0 Å². The third kappa shape index (κ3) is 3.45. The number of methoxy groups -OCH3 is 2. The third-order valence-corrected chi connectivity index (χ3v) is 3.24. The van der Waals surface area contributed by atoms with Crippen LogP contribution >= 0.6 is 0 Å². The lowest BCUT2D eigenvalue weighted by atomic mass is 10.2. The van der Waals surface area contributed by atoms with Gasteiger partial charge in [-0.1, -0.05) is 6.92 Å². The standard InChI is InChI=1S/C16H17NO6/c1-4-12-10(16(19)20)8-14(23-12)15(18)17-11-6-5-9(21-2)7-13(11)22-3/h5-8H,4H2,1-3H3,(H,17,18)(H,19,20). The zero-order valence-corrected chi connectivity index (χ0v) is 13.0. The minimum atomic E-state index is -1.13. The number of benzene rings is 1. The predicted octanol–water partition coefficient (Wildman–Crippen LogP) is 2.81. The molecule has 0 saturated heterocycles. The summed E-state index contributed by atoms with van der Waals surface area (Å²) in [5, 5.41) is 11.7. The molecule has 0 bridgehead atoms. The number of amides is 1. The summed E-state index contributed by atoms with van der Waals surface area (Å²) >= 11 is 0. The molecule has 0 radical (unpaired) electrons. The molecule has 0 aliphatic carbocycles. The Morgan fingerprint density at radius 3 is 2.48 bits per heavy atom. The Hall–Kier alpha value is -2.96. The molecule has 2 aromatic rings. The number of carboxylic acid groups (broad SMARTS) is 1. The van der Waals surface area contributed by atoms with Crippen LogP contribution < -0.4 is 14.8 Å². The van der Waals surface area contributed by atoms with Gasteiger partial charge in [-0.05, 0) is 12.1 Å². The van der Waals surface area contributed by atoms with Crippen LogP contribution in [0.5, 0.6) is 11.5 Å². The second-order valence-corrected chi connectivity index (χ2v) is 4.63. The normalized spacial score (nSPS) is 10.2. The topological polar surface area (TPSA) is 98.0 Å². The molecule has 7 nitrogen and oxygen atoms in total. The summed E-state index contributed by atoms with van der Waals surface area (Å²) in [7, 11) is 2.99. The molecule has 2 N–H and O–H groups in total. The van der Waals surface area contributed by atoms with Crippen LogP contribution in [0.15, 0.2) is 28.7 Å². The summed E-state index contributed by atoms with van der Waals surface area (Å²) in [4.78, 5) is 23.4. The second kappa shape index (κ2) is 6.87. The highest BCUT2D eigenvalue weighted by atomic mass is 16.5. The smallest absolute Gasteiger partial charge is 0.339 e. The van der Waals surface area contributed by atoms with Gasteiger partial charge in [-0.2, -0.15) is 0 Å². The van der Waals surface area contributed by atoms with Crippen molar-refractivity contribution in [2.24, 2.45) is 0 Å². The first-order valence-corrected chi connectivity index (χ1v) is 6.89. The summed E-state index contributed by atoms with van der Waals surface area (Å²) in [6.45, 7) is 1.75. The Balaban J connectivity index is 2.27. The molecular weight excluding hydrogens is 302 g/mol. The van der Waals surface area contributed by atoms with Crippen LogP contribution in [0.4, 0.5) is 5.69 Å². The molecule has 1 heterocycles. The van der Waals surface area contributed by atoms with Gasteiger partial charge in [-0.15, -0.1) is 0 Å². The molecule has 122 valence electrons. The van der Waals surface area contributed by atoms with Crippen LogP contribution in [0.25, 0.3) is 0 Å². The summed E-state index contributed by atoms with van der Waals surface area (Å²) in [5.41, 5.74) is 0.406. The van der Waals surface area contributed by atoms with E-state index in [0.717, 1.165) is 0 Å². The van der Waals surface area contributed by atoms with Crippen LogP contribution in [0.3, 0.4) is 0 Å². The number of rotatable bonds is 6. The van der Waals surface area contributed by atoms with Crippen molar-refractivity contribution in [3.05, 3.63) is 41.3 Å². The van der Waals surface area contributed by atoms with Crippen molar-refractivity contribution in [2.75, 3.05) is 19.5 Å². The van der Waals surface area contributed by atoms with Gasteiger partial charge >= 0.3 is 5.97 Å². The molecule has 1 aromatic heterocycles. The van der Waals surface area contributed by atoms with Gasteiger partial charge < -0.3 is 24.3 Å². The van der Waals surface area contributed by atoms with E-state index in [2.05, 4.69) is 5.32 Å². The Bertz CT molecular complexity index is 734. The monoisotopic (exact) mass is 319 g/mol. The number of aryl methyl sites for hydroxylation is 1. The van der Waals surface area contributed by atoms with E-state index in [4.69, 9.17) is 19.0 Å². The summed E-state index contributed by atoms with van der Waals surface area (Å²) < 4.78 is 15.6. The molecule has 0 spiro atoms. The number of hydrogen-bond acceptors (Lipinski definition) is 5. The minimum Gasteiger partial charge on any atom is -0.497 e. The fourth-order valence-electron chi connectivity index (χ4n) is 2.07. The molecule has 23 heavy (non-hydrogen) atoms. The van der Waals surface area contributed by atoms with Gasteiger partial charge in [0.05, 0.1) is 19.9 Å². The first-order chi connectivity index (χ1) is 11.0. The summed E-state index contributed by atoms with van der Waals surface area (Å²) in [6, 6.07) is 6.13. The lowest BCUT2D eigenvalue weighted by Crippen LogP contribution is -2.12. The quantitative estimate of drug-likeness (QED) is 0.849. The van der Waals surface area contributed by atoms with Crippen LogP contribution in [0.2, 0.25) is 0 Å². The van der Waals surface area contributed by atoms with Crippen molar-refractivity contribution in [3.8, 4) is 11.5 Å². The van der Waals surface area contributed by atoms with E-state index < -0.39 is 11.9 Å². The maximum Gasteiger partial charge on any atom is 0.339 e. The van der Waals surface area contributed by atoms with Gasteiger partial charge in [0.1, 0.15) is 22.8 Å². The highest BCUT2D eigenvalue weighted by Crippen LogP contribution is 2.29. The van der Waals surface area contributed by atoms with E-state index >= 15 is 0 Å². The maximum absolute atomic E-state index is 12.3. The molecule has 0 fully saturated rings. The fraction of sp³-hybridized carbons (Fsp3) is 0.250. The maximum atomic E-state index is 12.3. The van der Waals surface area contributed by atoms with E-state index in [1.165, 1.54) is 20.3 Å². The van der Waals surface area contributed by atoms with Crippen molar-refractivity contribution in [1.29, 1.82) is 0 Å². The zero-order valence-electron chi connectivity index (χ0n) is 13.0. The Morgan fingerprint density at radius 2 is 1.96 bits per heavy atom. The average molecular weight is 319 g/mol. The molecule has 0 atom stereocenters. The van der Waals surface area contributed by atoms with Gasteiger partial charge in [-0.25, -0.2) is 4.79 Å². The molecule has 0 saturated carbocycles. The Morgan fingerprint density at radius 1 is 1.22 bits per heavy atom. The van der Waals surface area contributed by atoms with E-state index in [-0.39, 0.29) is 17.1 Å². The lowest BCUT2D eigenvalue weighted by molar-refractivity contribution is 0.0694. The van der Waals surface area contributed by atoms with Crippen molar-refractivity contribution in [3.63, 3.8) is 0 Å². The van der Waals surface area contributed by atoms with Crippen LogP contribution in [-0.4, -0.2) is 31.2 Å². The molecule has 2 rings (SSSR count). The number of nitrogens with one attached hydrogen (secondary N) is 1. The number of carboxylic acids is 1. The molecule has 1 amide bonds. The van der Waals surface area contributed by atoms with Crippen LogP contribution in [0, 0.1) is 0 Å². The van der Waals surface area contributed by atoms with E-state index in [9.17, 15) is 9.59 Å². The Labute approximate surface area is 132 Å². The van der Waals surface area contributed by atoms with Gasteiger partial charge in [0.2, 0.25) is 0 Å². The molecule has 0 aliphatic heterocycles. The SMILES string of the molecule is CCc1oc(C(=O)Nc2ccc(OC)cc2OC)cc1C(=O)O. The summed E-state index contributed by atoms with van der Waals surface area (Å²) in [6.07, 6.45) is 0.376. The molecule has 1 aromatic carbocycles. The number of furan rings is 1. The lowest BCUT2D eigenvalue weighted by Gasteiger charge is -2.10. The van der Waals surface area contributed by atoms with Crippen molar-refractivity contribution < 1.29 is 28.6 Å². The number of hydrogen-bond donors (Lipinski definition) is 2. The number of aromatic carboxylic acids is 1. The number of ether oxygens (including phenoxy) is 2. The molecule has 0 aliphatic rings. The van der Waals surface area contributed by atoms with Gasteiger partial charge in [0, 0.05) is 18.6 Å². The van der Waals surface area contributed by atoms with Gasteiger partial charge in [-0.3, -0.25) is 4.79 Å². The van der Waals surface area contributed by atoms with Crippen molar-refractivity contribution in [2.45, 2.75) is 13.3 Å². The van der Waals surface area contributed by atoms with Gasteiger partial charge in [0.25, 0.3) is 5.91 Å². The van der Waals surface area contributed by atoms with Gasteiger partial charge in [0.15, 0.2) is 5.76 Å². The number of carbonyl (C=O) groups is 2. The second-order valence-electron chi connectivity index (χ2n) is 4.63. The average Bonchev–Trinajstić information content (AvgIpc) is 3.00. The number of anilines is 1. The first-order valence-electron chi connectivity index (χ1n) is 6.89. The van der Waals surface area contributed by atoms with Crippen molar-refractivity contribution >= 4 is 17.6 Å². The predicted molar refractivity (Wildman–Crippen MR) is 82.5 cm³/mol. The Kier molecular flexibility index (Phi) is 4.90. The zero-order chi connectivity index (χ0) is 17.0. The highest BCUT2D eigenvalue weighted by Gasteiger charge is 2.21. The van der Waals surface area contributed by atoms with Crippen LogP contribution in [-0.2, 0) is 6.42 Å². The third-order valence-electron chi connectivity index (χ3n) is 3.24. The van der Waals surface area contributed by atoms with Crippen molar-refractivity contribution in [1.82, 2.24) is 0 Å². The highest BCUT2D eigenvalue weighted by molar-refractivity contribution is 6.04. The fourth-order valence-corrected chi connectivity index (χ4v) is 2.07. The minimum absolute atomic E-state index is 0.0145. The van der Waals surface area contributed by atoms with E-state index in [0.29, 0.717) is 23.6 Å². The number of carbonyl (C=O) groups excluding carboxylic acids is 1. The molecule has 7 heteroatoms. The van der Waals surface area contributed by atoms with E-state index in [1.54, 1.807) is 25.1 Å². The van der Waals surface area contributed by atoms with Crippen LogP contribution in [0.1, 0.15) is 33.6 Å². The largest absolute Gasteiger partial charge is 0.497 e. The molecular formula is C16H17NO6. The molecule has 0 unspecified atom stereocenters.